The highest BCUT2D eigenvalue weighted by Gasteiger charge is 1.98. The van der Waals surface area contributed by atoms with Crippen LogP contribution in [0.25, 0.3) is 0 Å². The predicted molar refractivity (Wildman–Crippen MR) is 149 cm³/mol. The van der Waals surface area contributed by atoms with E-state index in [4.69, 9.17) is 21.3 Å². The minimum Gasteiger partial charge on any atom is -0.489 e. The molecule has 0 aliphatic rings. The summed E-state index contributed by atoms with van der Waals surface area (Å²) in [6.07, 6.45) is 3.28. The molecule has 0 bridgehead atoms. The van der Waals surface area contributed by atoms with Crippen molar-refractivity contribution < 1.29 is 9.47 Å². The van der Waals surface area contributed by atoms with Gasteiger partial charge in [0.15, 0.2) is 0 Å². The Bertz CT molecular complexity index is 1210. The summed E-state index contributed by atoms with van der Waals surface area (Å²) in [7, 11) is 0. The van der Waals surface area contributed by atoms with Crippen molar-refractivity contribution in [2.75, 3.05) is 0 Å². The van der Waals surface area contributed by atoms with Crippen LogP contribution in [0.5, 0.6) is 11.5 Å². The van der Waals surface area contributed by atoms with E-state index in [2.05, 4.69) is 25.6 Å². The minimum atomic E-state index is 0.180. The molecule has 0 saturated heterocycles. The third-order valence-electron chi connectivity index (χ3n) is 5.11. The van der Waals surface area contributed by atoms with Crippen LogP contribution in [-0.2, 0) is 13.2 Å². The Kier molecular flexibility index (Phi) is 9.68. The number of rotatable bonds is 10. The lowest BCUT2D eigenvalue weighted by molar-refractivity contribution is 0.306. The SMILES string of the molecule is ClN=C(N/N=C/c1ccc(OCc2ccccc2)cc1)N/N=C/c1ccc(OCc2ccccc2)cc1. The van der Waals surface area contributed by atoms with Gasteiger partial charge in [-0.1, -0.05) is 60.7 Å². The molecule has 4 rings (SSSR count). The van der Waals surface area contributed by atoms with E-state index < -0.39 is 0 Å². The number of hydrazone groups is 2. The van der Waals surface area contributed by atoms with Gasteiger partial charge in [0.1, 0.15) is 24.7 Å². The highest BCUT2D eigenvalue weighted by molar-refractivity contribution is 6.19. The number of ether oxygens (including phenoxy) is 2. The van der Waals surface area contributed by atoms with Crippen molar-refractivity contribution >= 4 is 30.2 Å². The number of benzene rings is 4. The molecule has 0 fully saturated rings. The zero-order valence-corrected chi connectivity index (χ0v) is 20.8. The molecule has 2 N–H and O–H groups in total. The summed E-state index contributed by atoms with van der Waals surface area (Å²) in [4.78, 5) is 0. The quantitative estimate of drug-likeness (QED) is 0.158. The summed E-state index contributed by atoms with van der Waals surface area (Å²) < 4.78 is 15.2. The van der Waals surface area contributed by atoms with Gasteiger partial charge in [-0.05, 0) is 70.8 Å². The molecule has 0 saturated carbocycles. The lowest BCUT2D eigenvalue weighted by Crippen LogP contribution is -2.30. The highest BCUT2D eigenvalue weighted by Crippen LogP contribution is 2.14. The number of hydrogen-bond acceptors (Lipinski definition) is 5. The van der Waals surface area contributed by atoms with Gasteiger partial charge in [0.25, 0.3) is 0 Å². The molecule has 0 aliphatic carbocycles. The van der Waals surface area contributed by atoms with E-state index in [9.17, 15) is 0 Å². The van der Waals surface area contributed by atoms with Crippen molar-refractivity contribution in [3.8, 4) is 11.5 Å². The van der Waals surface area contributed by atoms with Crippen molar-refractivity contribution in [2.24, 2.45) is 14.7 Å². The topological polar surface area (TPSA) is 79.6 Å². The van der Waals surface area contributed by atoms with Gasteiger partial charge in [-0.25, -0.2) is 10.9 Å². The molecule has 0 amide bonds. The average Bonchev–Trinajstić information content (AvgIpc) is 2.96. The summed E-state index contributed by atoms with van der Waals surface area (Å²) in [5.41, 5.74) is 9.43. The Labute approximate surface area is 221 Å². The molecule has 4 aromatic carbocycles. The van der Waals surface area contributed by atoms with Gasteiger partial charge in [0.05, 0.1) is 12.4 Å². The monoisotopic (exact) mass is 511 g/mol. The summed E-state index contributed by atoms with van der Waals surface area (Å²) in [6.45, 7) is 1.04. The first-order valence-electron chi connectivity index (χ1n) is 11.6. The number of hydrogen-bond donors (Lipinski definition) is 2. The Morgan fingerprint density at radius 2 is 1.00 bits per heavy atom. The Morgan fingerprint density at radius 1 is 0.595 bits per heavy atom. The second-order valence-corrected chi connectivity index (χ2v) is 8.03. The Morgan fingerprint density at radius 3 is 1.38 bits per heavy atom. The second kappa shape index (κ2) is 14.1. The molecule has 4 aromatic rings. The summed E-state index contributed by atoms with van der Waals surface area (Å²) >= 11 is 5.63. The number of halogens is 1. The van der Waals surface area contributed by atoms with Crippen LogP contribution in [0.4, 0.5) is 0 Å². The maximum absolute atomic E-state index is 5.80. The smallest absolute Gasteiger partial charge is 0.250 e. The van der Waals surface area contributed by atoms with Crippen LogP contribution in [0, 0.1) is 0 Å². The Hall–Kier alpha value is -4.62. The van der Waals surface area contributed by atoms with Gasteiger partial charge in [0.2, 0.25) is 5.96 Å². The van der Waals surface area contributed by atoms with Gasteiger partial charge >= 0.3 is 0 Å². The predicted octanol–water partition coefficient (Wildman–Crippen LogP) is 5.90. The van der Waals surface area contributed by atoms with Crippen LogP contribution >= 0.6 is 11.8 Å². The largest absolute Gasteiger partial charge is 0.489 e. The van der Waals surface area contributed by atoms with Crippen molar-refractivity contribution in [2.45, 2.75) is 13.2 Å². The molecular formula is C29H26ClN5O2. The standard InChI is InChI=1S/C29H26ClN5O2/c30-33-29(34-31-19-23-11-15-27(16-12-23)36-21-25-7-3-1-4-8-25)35-32-20-24-13-17-28(18-14-24)37-22-26-9-5-2-6-10-26/h1-20H,21-22H2,(H2,33,34,35)/b31-19+,32-20+. The first-order valence-corrected chi connectivity index (χ1v) is 11.9. The summed E-state index contributed by atoms with van der Waals surface area (Å²) in [5.74, 6) is 1.74. The van der Waals surface area contributed by atoms with E-state index in [-0.39, 0.29) is 5.96 Å². The molecule has 0 aromatic heterocycles. The molecule has 0 spiro atoms. The average molecular weight is 512 g/mol. The van der Waals surface area contributed by atoms with E-state index in [0.717, 1.165) is 33.8 Å². The Balaban J connectivity index is 1.19. The van der Waals surface area contributed by atoms with Crippen LogP contribution < -0.4 is 20.3 Å². The molecule has 37 heavy (non-hydrogen) atoms. The fraction of sp³-hybridized carbons (Fsp3) is 0.0690. The fourth-order valence-corrected chi connectivity index (χ4v) is 3.26. The molecule has 0 heterocycles. The molecule has 0 aliphatic heterocycles. The molecule has 186 valence electrons. The lowest BCUT2D eigenvalue weighted by atomic mass is 10.2. The van der Waals surface area contributed by atoms with Crippen LogP contribution in [0.3, 0.4) is 0 Å². The summed E-state index contributed by atoms with van der Waals surface area (Å²) in [6, 6.07) is 35.2. The van der Waals surface area contributed by atoms with Gasteiger partial charge in [-0.2, -0.15) is 10.2 Å². The number of nitrogens with zero attached hydrogens (tertiary/aromatic N) is 3. The zero-order valence-electron chi connectivity index (χ0n) is 20.0. The highest BCUT2D eigenvalue weighted by atomic mass is 35.5. The van der Waals surface area contributed by atoms with Crippen LogP contribution in [0.15, 0.2) is 124 Å². The molecule has 8 heteroatoms. The van der Waals surface area contributed by atoms with Crippen molar-refractivity contribution in [3.05, 3.63) is 131 Å². The number of nitrogens with one attached hydrogen (secondary N) is 2. The maximum Gasteiger partial charge on any atom is 0.250 e. The first-order chi connectivity index (χ1) is 18.3. The molecule has 0 radical (unpaired) electrons. The third kappa shape index (κ3) is 8.83. The third-order valence-corrected chi connectivity index (χ3v) is 5.28. The molecule has 0 unspecified atom stereocenters. The second-order valence-electron chi connectivity index (χ2n) is 7.86. The van der Waals surface area contributed by atoms with Gasteiger partial charge in [-0.15, -0.1) is 4.51 Å². The van der Waals surface area contributed by atoms with Crippen molar-refractivity contribution in [1.82, 2.24) is 10.9 Å². The van der Waals surface area contributed by atoms with Gasteiger partial charge in [-0.3, -0.25) is 0 Å². The molecular weight excluding hydrogens is 486 g/mol. The van der Waals surface area contributed by atoms with Gasteiger partial charge < -0.3 is 9.47 Å². The fourth-order valence-electron chi connectivity index (χ4n) is 3.18. The zero-order chi connectivity index (χ0) is 25.5. The van der Waals surface area contributed by atoms with Crippen molar-refractivity contribution in [3.63, 3.8) is 0 Å². The van der Waals surface area contributed by atoms with E-state index in [1.54, 1.807) is 12.4 Å². The molecule has 0 atom stereocenters. The van der Waals surface area contributed by atoms with E-state index >= 15 is 0 Å². The molecule has 7 nitrogen and oxygen atoms in total. The van der Waals surface area contributed by atoms with Crippen molar-refractivity contribution in [1.29, 1.82) is 0 Å². The van der Waals surface area contributed by atoms with E-state index in [0.29, 0.717) is 13.2 Å². The van der Waals surface area contributed by atoms with Crippen LogP contribution in [0.1, 0.15) is 22.3 Å². The first kappa shape index (κ1) is 25.5. The van der Waals surface area contributed by atoms with Gasteiger partial charge in [0, 0.05) is 11.8 Å². The minimum absolute atomic E-state index is 0.180. The van der Waals surface area contributed by atoms with Crippen LogP contribution in [0.2, 0.25) is 0 Å². The van der Waals surface area contributed by atoms with Crippen LogP contribution in [-0.4, -0.2) is 18.4 Å². The van der Waals surface area contributed by atoms with E-state index in [1.165, 1.54) is 0 Å². The van der Waals surface area contributed by atoms with E-state index in [1.807, 2.05) is 109 Å². The lowest BCUT2D eigenvalue weighted by Gasteiger charge is -2.06. The normalized spacial score (nSPS) is 10.8. The number of guanidine groups is 1. The maximum atomic E-state index is 5.80. The summed E-state index contributed by atoms with van der Waals surface area (Å²) in [5, 5.41) is 8.27.